The van der Waals surface area contributed by atoms with Crippen molar-refractivity contribution in [3.05, 3.63) is 48.0 Å². The van der Waals surface area contributed by atoms with Gasteiger partial charge >= 0.3 is 29.6 Å². The Hall–Kier alpha value is -1.05. The van der Waals surface area contributed by atoms with Crippen LogP contribution >= 0.6 is 0 Å². The molecule has 0 fully saturated rings. The zero-order chi connectivity index (χ0) is 21.1. The van der Waals surface area contributed by atoms with Gasteiger partial charge in [0.05, 0.1) is 4.90 Å². The first-order chi connectivity index (χ1) is 13.9. The Balaban J connectivity index is 0.00000450. The van der Waals surface area contributed by atoms with E-state index in [0.29, 0.717) is 5.75 Å². The third-order valence-corrected chi connectivity index (χ3v) is 5.82. The van der Waals surface area contributed by atoms with E-state index in [9.17, 15) is 18.1 Å². The SMILES string of the molecule is CCCCCCCCCCCc1ccccc1Oc1ccc([O-])c(S(=O)(=O)O)c1.[Na+]. The summed E-state index contributed by atoms with van der Waals surface area (Å²) in [5.41, 5.74) is 1.04. The molecule has 0 atom stereocenters. The molecule has 0 saturated carbocycles. The average Bonchev–Trinajstić information content (AvgIpc) is 2.68. The second-order valence-corrected chi connectivity index (χ2v) is 8.76. The number of hydrogen-bond acceptors (Lipinski definition) is 4. The largest absolute Gasteiger partial charge is 1.00 e. The topological polar surface area (TPSA) is 86.7 Å². The van der Waals surface area contributed by atoms with E-state index in [2.05, 4.69) is 6.92 Å². The van der Waals surface area contributed by atoms with Gasteiger partial charge in [0.1, 0.15) is 11.5 Å². The van der Waals surface area contributed by atoms with Crippen LogP contribution in [0.1, 0.15) is 70.3 Å². The van der Waals surface area contributed by atoms with Gasteiger partial charge in [-0.05, 0) is 30.5 Å². The predicted molar refractivity (Wildman–Crippen MR) is 113 cm³/mol. The molecule has 5 nitrogen and oxygen atoms in total. The summed E-state index contributed by atoms with van der Waals surface area (Å²) in [4.78, 5) is -0.675. The van der Waals surface area contributed by atoms with Gasteiger partial charge < -0.3 is 9.84 Å². The van der Waals surface area contributed by atoms with E-state index in [0.717, 1.165) is 30.5 Å². The number of hydrogen-bond donors (Lipinski definition) is 1. The van der Waals surface area contributed by atoms with Crippen LogP contribution in [-0.2, 0) is 16.5 Å². The number of para-hydroxylation sites is 1. The molecule has 2 aromatic carbocycles. The summed E-state index contributed by atoms with van der Waals surface area (Å²) in [7, 11) is -4.58. The Bertz CT molecular complexity index is 868. The van der Waals surface area contributed by atoms with Gasteiger partial charge in [0.15, 0.2) is 0 Å². The van der Waals surface area contributed by atoms with Crippen LogP contribution in [0.15, 0.2) is 47.4 Å². The molecule has 0 spiro atoms. The zero-order valence-electron chi connectivity index (χ0n) is 18.1. The van der Waals surface area contributed by atoms with Crippen LogP contribution in [0.25, 0.3) is 0 Å². The summed E-state index contributed by atoms with van der Waals surface area (Å²) in [5, 5.41) is 11.6. The van der Waals surface area contributed by atoms with E-state index in [1.165, 1.54) is 57.4 Å². The molecule has 160 valence electrons. The van der Waals surface area contributed by atoms with Crippen molar-refractivity contribution >= 4 is 10.1 Å². The Labute approximate surface area is 202 Å². The first kappa shape index (κ1) is 27.0. The van der Waals surface area contributed by atoms with Crippen molar-refractivity contribution in [1.82, 2.24) is 0 Å². The third-order valence-electron chi connectivity index (χ3n) is 4.94. The fraction of sp³-hybridized carbons (Fsp3) is 0.478. The van der Waals surface area contributed by atoms with Gasteiger partial charge in [0.2, 0.25) is 0 Å². The van der Waals surface area contributed by atoms with Gasteiger partial charge in [-0.2, -0.15) is 8.42 Å². The summed E-state index contributed by atoms with van der Waals surface area (Å²) in [6.45, 7) is 2.23. The van der Waals surface area contributed by atoms with Crippen molar-refractivity contribution in [1.29, 1.82) is 0 Å². The second kappa shape index (κ2) is 14.1. The summed E-state index contributed by atoms with van der Waals surface area (Å²) < 4.78 is 37.7. The molecule has 0 radical (unpaired) electrons. The molecule has 7 heteroatoms. The summed E-state index contributed by atoms with van der Waals surface area (Å²) in [6, 6.07) is 11.2. The maximum absolute atomic E-state index is 11.6. The molecule has 0 amide bonds. The molecule has 0 aliphatic rings. The molecule has 2 rings (SSSR count). The van der Waals surface area contributed by atoms with Crippen molar-refractivity contribution in [2.24, 2.45) is 0 Å². The van der Waals surface area contributed by atoms with Crippen LogP contribution in [-0.4, -0.2) is 13.0 Å². The Kier molecular flexibility index (Phi) is 12.7. The molecule has 30 heavy (non-hydrogen) atoms. The number of aryl methyl sites for hydroxylation is 1. The van der Waals surface area contributed by atoms with Crippen LogP contribution in [0.3, 0.4) is 0 Å². The second-order valence-electron chi connectivity index (χ2n) is 7.37. The molecule has 1 N–H and O–H groups in total. The van der Waals surface area contributed by atoms with Crippen molar-refractivity contribution in [2.75, 3.05) is 0 Å². The Morgan fingerprint density at radius 3 is 2.13 bits per heavy atom. The molecule has 2 aromatic rings. The summed E-state index contributed by atoms with van der Waals surface area (Å²) in [5.74, 6) is 0.0755. The van der Waals surface area contributed by atoms with Crippen molar-refractivity contribution in [2.45, 2.75) is 76.0 Å². The minimum absolute atomic E-state index is 0. The molecular formula is C23H31NaO5S. The van der Waals surface area contributed by atoms with E-state index in [-0.39, 0.29) is 35.3 Å². The van der Waals surface area contributed by atoms with Crippen molar-refractivity contribution < 1.29 is 52.4 Å². The quantitative estimate of drug-likeness (QED) is 0.293. The van der Waals surface area contributed by atoms with E-state index in [1.807, 2.05) is 24.3 Å². The van der Waals surface area contributed by atoms with Crippen molar-refractivity contribution in [3.63, 3.8) is 0 Å². The maximum Gasteiger partial charge on any atom is 1.00 e. The summed E-state index contributed by atoms with van der Waals surface area (Å²) in [6.07, 6.45) is 12.2. The smallest absolute Gasteiger partial charge is 0.872 e. The molecule has 0 bridgehead atoms. The van der Waals surface area contributed by atoms with Crippen molar-refractivity contribution in [3.8, 4) is 17.2 Å². The maximum atomic E-state index is 11.6. The van der Waals surface area contributed by atoms with Gasteiger partial charge in [0.25, 0.3) is 10.1 Å². The van der Waals surface area contributed by atoms with Crippen LogP contribution in [0.5, 0.6) is 17.2 Å². The first-order valence-electron chi connectivity index (χ1n) is 10.5. The van der Waals surface area contributed by atoms with Gasteiger partial charge in [-0.15, -0.1) is 0 Å². The van der Waals surface area contributed by atoms with Crippen LogP contribution < -0.4 is 39.4 Å². The van der Waals surface area contributed by atoms with Gasteiger partial charge in [-0.3, -0.25) is 4.55 Å². The van der Waals surface area contributed by atoms with Crippen LogP contribution in [0.2, 0.25) is 0 Å². The summed E-state index contributed by atoms with van der Waals surface area (Å²) >= 11 is 0. The number of ether oxygens (including phenoxy) is 1. The monoisotopic (exact) mass is 442 g/mol. The number of benzene rings is 2. The van der Waals surface area contributed by atoms with Gasteiger partial charge in [0, 0.05) is 6.07 Å². The molecule has 0 aliphatic carbocycles. The molecule has 0 unspecified atom stereocenters. The average molecular weight is 443 g/mol. The van der Waals surface area contributed by atoms with Gasteiger partial charge in [-0.25, -0.2) is 0 Å². The Morgan fingerprint density at radius 1 is 0.900 bits per heavy atom. The predicted octanol–water partition coefficient (Wildman–Crippen LogP) is 2.88. The minimum Gasteiger partial charge on any atom is -0.872 e. The molecule has 0 aromatic heterocycles. The normalized spacial score (nSPS) is 11.1. The van der Waals surface area contributed by atoms with Crippen LogP contribution in [0, 0.1) is 0 Å². The fourth-order valence-electron chi connectivity index (χ4n) is 3.32. The number of rotatable bonds is 13. The zero-order valence-corrected chi connectivity index (χ0v) is 20.9. The minimum atomic E-state index is -4.58. The standard InChI is InChI=1S/C23H32O5S.Na/c1-2-3-4-5-6-7-8-9-10-13-19-14-11-12-15-22(19)28-20-16-17-21(24)23(18-20)29(25,26)27;/h11-12,14-18,24H,2-10,13H2,1H3,(H,25,26,27);/q;+1/p-1. The van der Waals surface area contributed by atoms with E-state index in [4.69, 9.17) is 4.74 Å². The Morgan fingerprint density at radius 2 is 1.50 bits per heavy atom. The van der Waals surface area contributed by atoms with Crippen LogP contribution in [0.4, 0.5) is 0 Å². The molecular weight excluding hydrogens is 411 g/mol. The van der Waals surface area contributed by atoms with E-state index >= 15 is 0 Å². The fourth-order valence-corrected chi connectivity index (χ4v) is 3.90. The molecule has 0 aliphatic heterocycles. The van der Waals surface area contributed by atoms with Gasteiger partial charge in [-0.1, -0.05) is 88.3 Å². The van der Waals surface area contributed by atoms with E-state index < -0.39 is 20.8 Å². The third kappa shape index (κ3) is 9.40. The molecule has 0 saturated heterocycles. The molecule has 0 heterocycles. The first-order valence-corrected chi connectivity index (χ1v) is 11.9. The number of unbranched alkanes of at least 4 members (excludes halogenated alkanes) is 8. The van der Waals surface area contributed by atoms with E-state index in [1.54, 1.807) is 0 Å².